The Bertz CT molecular complexity index is 693. The Morgan fingerprint density at radius 2 is 2.04 bits per heavy atom. The second-order valence-corrected chi connectivity index (χ2v) is 7.01. The fourth-order valence-electron chi connectivity index (χ4n) is 2.60. The highest BCUT2D eigenvalue weighted by Gasteiger charge is 2.43. The van der Waals surface area contributed by atoms with Gasteiger partial charge in [-0.3, -0.25) is 19.2 Å². The second kappa shape index (κ2) is 6.61. The van der Waals surface area contributed by atoms with E-state index < -0.39 is 35.5 Å². The molecule has 1 aromatic heterocycles. The van der Waals surface area contributed by atoms with Crippen molar-refractivity contribution in [2.75, 3.05) is 11.9 Å². The number of carbonyl (C=O) groups is 3. The van der Waals surface area contributed by atoms with Gasteiger partial charge in [-0.1, -0.05) is 0 Å². The van der Waals surface area contributed by atoms with E-state index in [4.69, 9.17) is 10.5 Å². The third-order valence-electron chi connectivity index (χ3n) is 3.68. The molecule has 10 heteroatoms. The monoisotopic (exact) mass is 353 g/mol. The highest BCUT2D eigenvalue weighted by molar-refractivity contribution is 5.95. The molecule has 0 bridgehead atoms. The lowest BCUT2D eigenvalue weighted by molar-refractivity contribution is -0.122. The van der Waals surface area contributed by atoms with E-state index in [-0.39, 0.29) is 24.5 Å². The zero-order valence-corrected chi connectivity index (χ0v) is 14.6. The number of nitrogens with one attached hydrogen (secondary N) is 1. The molecule has 0 aromatic carbocycles. The highest BCUT2D eigenvalue weighted by atomic mass is 16.6. The Morgan fingerprint density at radius 3 is 2.52 bits per heavy atom. The molecule has 1 saturated heterocycles. The summed E-state index contributed by atoms with van der Waals surface area (Å²) in [5.74, 6) is -2.01. The first kappa shape index (κ1) is 18.6. The number of likely N-dealkylation sites (tertiary alicyclic amines) is 1. The number of anilines is 1. The first-order valence-electron chi connectivity index (χ1n) is 7.80. The molecule has 2 heterocycles. The maximum absolute atomic E-state index is 12.4. The van der Waals surface area contributed by atoms with Crippen molar-refractivity contribution in [2.45, 2.75) is 38.8 Å². The lowest BCUT2D eigenvalue weighted by Gasteiger charge is -2.27. The number of amides is 3. The summed E-state index contributed by atoms with van der Waals surface area (Å²) in [6.45, 7) is 5.10. The molecule has 2 atom stereocenters. The summed E-state index contributed by atoms with van der Waals surface area (Å²) in [5.41, 5.74) is 4.62. The second-order valence-electron chi connectivity index (χ2n) is 7.01. The van der Waals surface area contributed by atoms with E-state index >= 15 is 0 Å². The molecule has 138 valence electrons. The highest BCUT2D eigenvalue weighted by Crippen LogP contribution is 2.28. The van der Waals surface area contributed by atoms with Gasteiger partial charge in [-0.2, -0.15) is 5.10 Å². The maximum atomic E-state index is 12.4. The van der Waals surface area contributed by atoms with Crippen LogP contribution >= 0.6 is 0 Å². The van der Waals surface area contributed by atoms with Crippen LogP contribution in [0.25, 0.3) is 0 Å². The smallest absolute Gasteiger partial charge is 0.410 e. The van der Waals surface area contributed by atoms with E-state index in [9.17, 15) is 19.5 Å². The maximum Gasteiger partial charge on any atom is 0.410 e. The molecule has 2 unspecified atom stereocenters. The summed E-state index contributed by atoms with van der Waals surface area (Å²) in [4.78, 5) is 37.5. The van der Waals surface area contributed by atoms with E-state index in [0.717, 1.165) is 4.90 Å². The number of hydrogen-bond acceptors (Lipinski definition) is 6. The van der Waals surface area contributed by atoms with Crippen molar-refractivity contribution in [3.05, 3.63) is 6.20 Å². The topological polar surface area (TPSA) is 140 Å². The van der Waals surface area contributed by atoms with Gasteiger partial charge >= 0.3 is 6.09 Å². The number of nitrogens with zero attached hydrogens (tertiary/aromatic N) is 3. The predicted molar refractivity (Wildman–Crippen MR) is 87.5 cm³/mol. The minimum absolute atomic E-state index is 0.0120. The minimum atomic E-state index is -0.928. The molecule has 3 amide bonds. The fraction of sp³-hybridized carbons (Fsp3) is 0.600. The van der Waals surface area contributed by atoms with Crippen molar-refractivity contribution in [1.82, 2.24) is 14.7 Å². The van der Waals surface area contributed by atoms with Crippen LogP contribution in [-0.4, -0.2) is 55.9 Å². The van der Waals surface area contributed by atoms with Gasteiger partial charge in [0.1, 0.15) is 11.6 Å². The van der Waals surface area contributed by atoms with Crippen molar-refractivity contribution in [2.24, 2.45) is 18.7 Å². The van der Waals surface area contributed by atoms with E-state index in [1.54, 1.807) is 27.8 Å². The summed E-state index contributed by atoms with van der Waals surface area (Å²) in [5, 5.41) is 16.1. The van der Waals surface area contributed by atoms with Crippen LogP contribution < -0.4 is 11.1 Å². The molecule has 0 radical (unpaired) electrons. The van der Waals surface area contributed by atoms with Crippen LogP contribution in [0.1, 0.15) is 27.2 Å². The standard InChI is InChI=1S/C15H23N5O5/c1-15(2,3)25-14(24)20-6-8(5-9(20)11(16)22)13(23)17-12-10(21)7-19(4)18-12/h7-9,21H,5-6H2,1-4H3,(H2,16,22)(H,17,18,23). The zero-order valence-electron chi connectivity index (χ0n) is 14.6. The zero-order chi connectivity index (χ0) is 18.9. The molecule has 10 nitrogen and oxygen atoms in total. The SMILES string of the molecule is Cn1cc(O)c(NC(=O)C2CC(C(N)=O)N(C(=O)OC(C)(C)C)C2)n1. The molecule has 0 spiro atoms. The van der Waals surface area contributed by atoms with Gasteiger partial charge in [-0.15, -0.1) is 0 Å². The van der Waals surface area contributed by atoms with Crippen molar-refractivity contribution < 1.29 is 24.2 Å². The number of aromatic hydroxyl groups is 1. The summed E-state index contributed by atoms with van der Waals surface area (Å²) in [7, 11) is 1.60. The lowest BCUT2D eigenvalue weighted by atomic mass is 10.0. The molecule has 1 aliphatic heterocycles. The number of ether oxygens (including phenoxy) is 1. The average Bonchev–Trinajstić information content (AvgIpc) is 3.01. The molecule has 4 N–H and O–H groups in total. The molecular weight excluding hydrogens is 330 g/mol. The molecule has 0 aliphatic carbocycles. The Balaban J connectivity index is 2.10. The van der Waals surface area contributed by atoms with E-state index in [2.05, 4.69) is 10.4 Å². The third-order valence-corrected chi connectivity index (χ3v) is 3.68. The molecule has 1 aromatic rings. The average molecular weight is 353 g/mol. The van der Waals surface area contributed by atoms with Crippen LogP contribution in [-0.2, 0) is 21.4 Å². The van der Waals surface area contributed by atoms with E-state index in [1.807, 2.05) is 0 Å². The number of rotatable bonds is 3. The van der Waals surface area contributed by atoms with Gasteiger partial charge in [0, 0.05) is 13.6 Å². The molecule has 1 fully saturated rings. The van der Waals surface area contributed by atoms with Gasteiger partial charge in [0.05, 0.1) is 12.1 Å². The molecule has 2 rings (SSSR count). The fourth-order valence-corrected chi connectivity index (χ4v) is 2.60. The van der Waals surface area contributed by atoms with Crippen LogP contribution in [0, 0.1) is 5.92 Å². The summed E-state index contributed by atoms with van der Waals surface area (Å²) in [6, 6.07) is -0.928. The Labute approximate surface area is 144 Å². The normalized spacial score (nSPS) is 20.4. The van der Waals surface area contributed by atoms with Crippen LogP contribution in [0.5, 0.6) is 5.75 Å². The summed E-state index contributed by atoms with van der Waals surface area (Å²) < 4.78 is 6.61. The molecule has 0 saturated carbocycles. The number of carbonyl (C=O) groups excluding carboxylic acids is 3. The van der Waals surface area contributed by atoms with Gasteiger partial charge in [-0.05, 0) is 27.2 Å². The Morgan fingerprint density at radius 1 is 1.40 bits per heavy atom. The van der Waals surface area contributed by atoms with Crippen LogP contribution in [0.4, 0.5) is 10.6 Å². The predicted octanol–water partition coefficient (Wildman–Crippen LogP) is 0.175. The van der Waals surface area contributed by atoms with Crippen LogP contribution in [0.2, 0.25) is 0 Å². The molecular formula is C15H23N5O5. The summed E-state index contributed by atoms with van der Waals surface area (Å²) >= 11 is 0. The Hall–Kier alpha value is -2.78. The van der Waals surface area contributed by atoms with Gasteiger partial charge in [0.15, 0.2) is 11.6 Å². The van der Waals surface area contributed by atoms with Gasteiger partial charge < -0.3 is 20.9 Å². The van der Waals surface area contributed by atoms with E-state index in [1.165, 1.54) is 10.9 Å². The van der Waals surface area contributed by atoms with Crippen molar-refractivity contribution in [1.29, 1.82) is 0 Å². The van der Waals surface area contributed by atoms with E-state index in [0.29, 0.717) is 0 Å². The van der Waals surface area contributed by atoms with Gasteiger partial charge in [0.2, 0.25) is 11.8 Å². The Kier molecular flexibility index (Phi) is 4.91. The summed E-state index contributed by atoms with van der Waals surface area (Å²) in [6.07, 6.45) is 0.713. The van der Waals surface area contributed by atoms with Crippen molar-refractivity contribution >= 4 is 23.7 Å². The van der Waals surface area contributed by atoms with Gasteiger partial charge in [0.25, 0.3) is 0 Å². The van der Waals surface area contributed by atoms with Gasteiger partial charge in [-0.25, -0.2) is 4.79 Å². The van der Waals surface area contributed by atoms with Crippen LogP contribution in [0.15, 0.2) is 6.20 Å². The number of nitrogens with two attached hydrogens (primary N) is 1. The van der Waals surface area contributed by atoms with Crippen LogP contribution in [0.3, 0.4) is 0 Å². The first-order valence-corrected chi connectivity index (χ1v) is 7.80. The minimum Gasteiger partial charge on any atom is -0.503 e. The first-order chi connectivity index (χ1) is 11.5. The number of primary amides is 1. The number of aromatic nitrogens is 2. The van der Waals surface area contributed by atoms with Crippen molar-refractivity contribution in [3.63, 3.8) is 0 Å². The lowest BCUT2D eigenvalue weighted by Crippen LogP contribution is -2.45. The largest absolute Gasteiger partial charge is 0.503 e. The third kappa shape index (κ3) is 4.40. The molecule has 25 heavy (non-hydrogen) atoms. The quantitative estimate of drug-likeness (QED) is 0.708. The molecule has 1 aliphatic rings. The number of hydrogen-bond donors (Lipinski definition) is 3. The number of aryl methyl sites for hydroxylation is 1. The van der Waals surface area contributed by atoms with Crippen molar-refractivity contribution in [3.8, 4) is 5.75 Å².